The van der Waals surface area contributed by atoms with E-state index in [1.807, 2.05) is 7.05 Å². The van der Waals surface area contributed by atoms with E-state index in [2.05, 4.69) is 52.9 Å². The lowest BCUT2D eigenvalue weighted by atomic mass is 9.96. The minimum atomic E-state index is 0. The molecule has 1 saturated carbocycles. The predicted molar refractivity (Wildman–Crippen MR) is 102 cm³/mol. The summed E-state index contributed by atoms with van der Waals surface area (Å²) in [6, 6.07) is 10.8. The smallest absolute Gasteiger partial charge is 0.191 e. The molecule has 0 aromatic heterocycles. The molecule has 0 saturated heterocycles. The van der Waals surface area contributed by atoms with Gasteiger partial charge in [0.05, 0.1) is 0 Å². The molecule has 0 aliphatic heterocycles. The molecule has 1 aliphatic rings. The third-order valence-electron chi connectivity index (χ3n) is 4.13. The molecule has 1 fully saturated rings. The zero-order valence-electron chi connectivity index (χ0n) is 13.2. The molecule has 0 atom stereocenters. The number of halogens is 1. The molecule has 1 aromatic carbocycles. The van der Waals surface area contributed by atoms with Crippen molar-refractivity contribution in [2.24, 2.45) is 4.99 Å². The number of rotatable bonds is 7. The topological polar surface area (TPSA) is 36.4 Å². The van der Waals surface area contributed by atoms with Crippen LogP contribution in [0.2, 0.25) is 0 Å². The van der Waals surface area contributed by atoms with Crippen LogP contribution in [0.25, 0.3) is 0 Å². The number of nitrogens with one attached hydrogen (secondary N) is 2. The summed E-state index contributed by atoms with van der Waals surface area (Å²) < 4.78 is 0. The zero-order chi connectivity index (χ0) is 14.3. The summed E-state index contributed by atoms with van der Waals surface area (Å²) in [5.41, 5.74) is 1.79. The van der Waals surface area contributed by atoms with Crippen molar-refractivity contribution in [1.82, 2.24) is 10.6 Å². The van der Waals surface area contributed by atoms with E-state index >= 15 is 0 Å². The number of nitrogens with zero attached hydrogens (tertiary/aromatic N) is 1. The van der Waals surface area contributed by atoms with E-state index in [1.54, 1.807) is 0 Å². The monoisotopic (exact) mass is 401 g/mol. The number of hydrogen-bond donors (Lipinski definition) is 2. The Morgan fingerprint density at radius 1 is 1.14 bits per heavy atom. The zero-order valence-corrected chi connectivity index (χ0v) is 15.5. The van der Waals surface area contributed by atoms with Crippen LogP contribution < -0.4 is 10.6 Å². The minimum absolute atomic E-state index is 0. The quantitative estimate of drug-likeness (QED) is 0.317. The summed E-state index contributed by atoms with van der Waals surface area (Å²) in [5.74, 6) is 0.934. The van der Waals surface area contributed by atoms with E-state index in [4.69, 9.17) is 0 Å². The number of benzene rings is 1. The van der Waals surface area contributed by atoms with Gasteiger partial charge in [0.15, 0.2) is 5.96 Å². The first-order chi connectivity index (χ1) is 9.80. The van der Waals surface area contributed by atoms with Gasteiger partial charge in [0, 0.05) is 25.6 Å². The molecule has 118 valence electrons. The van der Waals surface area contributed by atoms with Crippen LogP contribution in [-0.4, -0.2) is 26.1 Å². The highest BCUT2D eigenvalue weighted by Gasteiger charge is 2.43. The Labute approximate surface area is 146 Å². The molecular weight excluding hydrogens is 373 g/mol. The summed E-state index contributed by atoms with van der Waals surface area (Å²) in [7, 11) is 1.84. The van der Waals surface area contributed by atoms with Gasteiger partial charge in [-0.25, -0.2) is 0 Å². The third-order valence-corrected chi connectivity index (χ3v) is 4.13. The van der Waals surface area contributed by atoms with Crippen LogP contribution in [0.4, 0.5) is 0 Å². The van der Waals surface area contributed by atoms with E-state index < -0.39 is 0 Å². The largest absolute Gasteiger partial charge is 0.356 e. The van der Waals surface area contributed by atoms with Gasteiger partial charge in [-0.2, -0.15) is 0 Å². The maximum Gasteiger partial charge on any atom is 0.191 e. The first-order valence-electron chi connectivity index (χ1n) is 7.81. The van der Waals surface area contributed by atoms with Gasteiger partial charge >= 0.3 is 0 Å². The highest BCUT2D eigenvalue weighted by Crippen LogP contribution is 2.47. The number of unbranched alkanes of at least 4 members (excludes halogenated alkanes) is 2. The molecule has 0 heterocycles. The van der Waals surface area contributed by atoms with Gasteiger partial charge in [-0.15, -0.1) is 24.0 Å². The lowest BCUT2D eigenvalue weighted by Crippen LogP contribution is -2.41. The minimum Gasteiger partial charge on any atom is -0.356 e. The standard InChI is InChI=1S/C17H27N3.HI/c1-3-4-8-13-19-16(18-2)20-14-17(11-12-17)15-9-6-5-7-10-15;/h5-7,9-10H,3-4,8,11-14H2,1-2H3,(H2,18,19,20);1H. The van der Waals surface area contributed by atoms with Gasteiger partial charge < -0.3 is 10.6 Å². The molecule has 0 spiro atoms. The van der Waals surface area contributed by atoms with Crippen molar-refractivity contribution in [3.63, 3.8) is 0 Å². The van der Waals surface area contributed by atoms with Crippen LogP contribution in [0.15, 0.2) is 35.3 Å². The fraction of sp³-hybridized carbons (Fsp3) is 0.588. The summed E-state index contributed by atoms with van der Waals surface area (Å²) >= 11 is 0. The van der Waals surface area contributed by atoms with Crippen molar-refractivity contribution < 1.29 is 0 Å². The molecule has 2 N–H and O–H groups in total. The van der Waals surface area contributed by atoms with Crippen LogP contribution in [0.5, 0.6) is 0 Å². The summed E-state index contributed by atoms with van der Waals surface area (Å²) in [6.45, 7) is 4.21. The average molecular weight is 401 g/mol. The van der Waals surface area contributed by atoms with Crippen molar-refractivity contribution >= 4 is 29.9 Å². The van der Waals surface area contributed by atoms with Gasteiger partial charge in [0.1, 0.15) is 0 Å². The van der Waals surface area contributed by atoms with Crippen molar-refractivity contribution in [2.75, 3.05) is 20.1 Å². The summed E-state index contributed by atoms with van der Waals surface area (Å²) in [6.07, 6.45) is 6.29. The van der Waals surface area contributed by atoms with Crippen LogP contribution >= 0.6 is 24.0 Å². The van der Waals surface area contributed by atoms with Crippen LogP contribution in [-0.2, 0) is 5.41 Å². The van der Waals surface area contributed by atoms with Gasteiger partial charge in [0.2, 0.25) is 0 Å². The molecule has 1 aromatic rings. The van der Waals surface area contributed by atoms with Crippen LogP contribution in [0.3, 0.4) is 0 Å². The van der Waals surface area contributed by atoms with Gasteiger partial charge in [-0.1, -0.05) is 50.1 Å². The Bertz CT molecular complexity index is 427. The fourth-order valence-corrected chi connectivity index (χ4v) is 2.57. The Morgan fingerprint density at radius 3 is 2.43 bits per heavy atom. The van der Waals surface area contributed by atoms with E-state index in [1.165, 1.54) is 37.7 Å². The highest BCUT2D eigenvalue weighted by atomic mass is 127. The average Bonchev–Trinajstić information content (AvgIpc) is 3.29. The van der Waals surface area contributed by atoms with Gasteiger partial charge in [-0.3, -0.25) is 4.99 Å². The van der Waals surface area contributed by atoms with E-state index in [0.717, 1.165) is 19.0 Å². The first-order valence-corrected chi connectivity index (χ1v) is 7.81. The van der Waals surface area contributed by atoms with Gasteiger partial charge in [-0.05, 0) is 24.8 Å². The normalized spacial score (nSPS) is 16.0. The third kappa shape index (κ3) is 5.49. The number of hydrogen-bond acceptors (Lipinski definition) is 1. The second-order valence-corrected chi connectivity index (χ2v) is 5.71. The Balaban J connectivity index is 0.00000220. The maximum absolute atomic E-state index is 4.30. The molecule has 0 bridgehead atoms. The molecule has 2 rings (SSSR count). The molecule has 1 aliphatic carbocycles. The Morgan fingerprint density at radius 2 is 1.86 bits per heavy atom. The number of aliphatic imine (C=N–C) groups is 1. The summed E-state index contributed by atoms with van der Waals surface area (Å²) in [5, 5.41) is 6.88. The highest BCUT2D eigenvalue weighted by molar-refractivity contribution is 14.0. The van der Waals surface area contributed by atoms with E-state index in [9.17, 15) is 0 Å². The van der Waals surface area contributed by atoms with Crippen molar-refractivity contribution in [3.8, 4) is 0 Å². The lowest BCUT2D eigenvalue weighted by molar-refractivity contribution is 0.635. The van der Waals surface area contributed by atoms with Crippen molar-refractivity contribution in [2.45, 2.75) is 44.4 Å². The maximum atomic E-state index is 4.30. The van der Waals surface area contributed by atoms with Crippen LogP contribution in [0.1, 0.15) is 44.6 Å². The molecular formula is C17H28IN3. The molecule has 0 radical (unpaired) electrons. The SMILES string of the molecule is CCCCCNC(=NC)NCC1(c2ccccc2)CC1.I. The molecule has 3 nitrogen and oxygen atoms in total. The van der Waals surface area contributed by atoms with Crippen LogP contribution in [0, 0.1) is 0 Å². The number of guanidine groups is 1. The fourth-order valence-electron chi connectivity index (χ4n) is 2.57. The van der Waals surface area contributed by atoms with Crippen molar-refractivity contribution in [3.05, 3.63) is 35.9 Å². The predicted octanol–water partition coefficient (Wildman–Crippen LogP) is 3.69. The second kappa shape index (κ2) is 9.28. The van der Waals surface area contributed by atoms with Gasteiger partial charge in [0.25, 0.3) is 0 Å². The molecule has 4 heteroatoms. The Hall–Kier alpha value is -0.780. The summed E-state index contributed by atoms with van der Waals surface area (Å²) in [4.78, 5) is 4.30. The second-order valence-electron chi connectivity index (χ2n) is 5.71. The molecule has 0 amide bonds. The lowest BCUT2D eigenvalue weighted by Gasteiger charge is -2.19. The van der Waals surface area contributed by atoms with E-state index in [-0.39, 0.29) is 24.0 Å². The first kappa shape index (κ1) is 18.3. The molecule has 21 heavy (non-hydrogen) atoms. The molecule has 0 unspecified atom stereocenters. The Kier molecular flexibility index (Phi) is 8.07. The van der Waals surface area contributed by atoms with Crippen molar-refractivity contribution in [1.29, 1.82) is 0 Å². The van der Waals surface area contributed by atoms with E-state index in [0.29, 0.717) is 5.41 Å².